The van der Waals surface area contributed by atoms with Gasteiger partial charge in [0.05, 0.1) is 12.7 Å². The number of hydrogen-bond donors (Lipinski definition) is 1. The van der Waals surface area contributed by atoms with Gasteiger partial charge in [-0.15, -0.1) is 0 Å². The first-order valence-corrected chi connectivity index (χ1v) is 6.29. The maximum absolute atomic E-state index is 12.3. The van der Waals surface area contributed by atoms with Crippen molar-refractivity contribution in [3.63, 3.8) is 0 Å². The number of rotatable bonds is 3. The molecule has 0 spiro atoms. The minimum Gasteiger partial charge on any atom is -0.465 e. The third-order valence-corrected chi connectivity index (χ3v) is 3.46. The highest BCUT2D eigenvalue weighted by Crippen LogP contribution is 2.38. The van der Waals surface area contributed by atoms with Crippen molar-refractivity contribution in [2.45, 2.75) is 31.3 Å². The summed E-state index contributed by atoms with van der Waals surface area (Å²) in [4.78, 5) is 12.3. The predicted octanol–water partition coefficient (Wildman–Crippen LogP) is 2.20. The number of carbonyl (C=O) groups is 1. The van der Waals surface area contributed by atoms with Gasteiger partial charge in [-0.2, -0.15) is 0 Å². The van der Waals surface area contributed by atoms with Crippen LogP contribution in [0.25, 0.3) is 0 Å². The van der Waals surface area contributed by atoms with Gasteiger partial charge >= 0.3 is 5.97 Å². The first kappa shape index (κ1) is 12.8. The number of hydrogen-bond acceptors (Lipinski definition) is 3. The Hall–Kier alpha value is -1.61. The van der Waals surface area contributed by atoms with E-state index in [0.29, 0.717) is 13.0 Å². The van der Waals surface area contributed by atoms with E-state index in [2.05, 4.69) is 0 Å². The number of esters is 1. The smallest absolute Gasteiger partial charge is 0.319 e. The molecule has 0 aliphatic heterocycles. The molecule has 1 aliphatic rings. The number of allylic oxidation sites excluding steroid dienone is 1. The molecule has 1 aromatic carbocycles. The molecule has 0 bridgehead atoms. The van der Waals surface area contributed by atoms with Crippen LogP contribution in [0.1, 0.15) is 25.3 Å². The zero-order valence-corrected chi connectivity index (χ0v) is 10.5. The second kappa shape index (κ2) is 5.36. The Kier molecular flexibility index (Phi) is 3.82. The second-order valence-corrected chi connectivity index (χ2v) is 4.47. The lowest BCUT2D eigenvalue weighted by molar-refractivity contribution is -0.154. The average molecular weight is 246 g/mol. The van der Waals surface area contributed by atoms with Gasteiger partial charge in [-0.3, -0.25) is 4.79 Å². The lowest BCUT2D eigenvalue weighted by Crippen LogP contribution is -2.48. The van der Waals surface area contributed by atoms with Crippen LogP contribution in [0.15, 0.2) is 42.5 Å². The highest BCUT2D eigenvalue weighted by Gasteiger charge is 2.47. The molecule has 0 radical (unpaired) electrons. The zero-order valence-electron chi connectivity index (χ0n) is 10.5. The summed E-state index contributed by atoms with van der Waals surface area (Å²) in [6.45, 7) is 2.10. The van der Waals surface area contributed by atoms with Crippen molar-refractivity contribution in [2.24, 2.45) is 0 Å². The van der Waals surface area contributed by atoms with E-state index in [1.165, 1.54) is 0 Å². The van der Waals surface area contributed by atoms with E-state index in [1.807, 2.05) is 36.4 Å². The van der Waals surface area contributed by atoms with Gasteiger partial charge in [0, 0.05) is 0 Å². The van der Waals surface area contributed by atoms with E-state index < -0.39 is 11.5 Å². The van der Waals surface area contributed by atoms with Crippen LogP contribution >= 0.6 is 0 Å². The Morgan fingerprint density at radius 1 is 1.44 bits per heavy atom. The maximum Gasteiger partial charge on any atom is 0.319 e. The molecule has 0 heterocycles. The number of aliphatic hydroxyl groups is 1. The quantitative estimate of drug-likeness (QED) is 0.657. The number of ether oxygens (including phenoxy) is 1. The molecule has 1 aromatic rings. The van der Waals surface area contributed by atoms with E-state index in [-0.39, 0.29) is 5.97 Å². The summed E-state index contributed by atoms with van der Waals surface area (Å²) < 4.78 is 5.18. The fourth-order valence-electron chi connectivity index (χ4n) is 2.50. The van der Waals surface area contributed by atoms with Gasteiger partial charge < -0.3 is 9.84 Å². The summed E-state index contributed by atoms with van der Waals surface area (Å²) >= 11 is 0. The van der Waals surface area contributed by atoms with Crippen molar-refractivity contribution in [3.8, 4) is 0 Å². The van der Waals surface area contributed by atoms with Crippen molar-refractivity contribution in [2.75, 3.05) is 6.61 Å². The summed E-state index contributed by atoms with van der Waals surface area (Å²) in [5.41, 5.74) is -0.133. The predicted molar refractivity (Wildman–Crippen MR) is 69.1 cm³/mol. The molecule has 96 valence electrons. The van der Waals surface area contributed by atoms with Crippen LogP contribution in [0.3, 0.4) is 0 Å². The van der Waals surface area contributed by atoms with Crippen molar-refractivity contribution in [1.82, 2.24) is 0 Å². The topological polar surface area (TPSA) is 46.5 Å². The van der Waals surface area contributed by atoms with Crippen molar-refractivity contribution in [1.29, 1.82) is 0 Å². The van der Waals surface area contributed by atoms with E-state index >= 15 is 0 Å². The molecule has 1 aliphatic carbocycles. The monoisotopic (exact) mass is 246 g/mol. The number of aliphatic hydroxyl groups excluding tert-OH is 1. The van der Waals surface area contributed by atoms with Crippen LogP contribution in [0, 0.1) is 0 Å². The maximum atomic E-state index is 12.3. The number of benzene rings is 1. The van der Waals surface area contributed by atoms with Gasteiger partial charge in [-0.1, -0.05) is 42.5 Å². The molecular formula is C15H18O3. The SMILES string of the molecule is CCOC(=O)C1(c2ccccc2)CCC=CC1O. The lowest BCUT2D eigenvalue weighted by atomic mass is 9.70. The van der Waals surface area contributed by atoms with Gasteiger partial charge in [-0.25, -0.2) is 0 Å². The standard InChI is InChI=1S/C15H18O3/c1-2-18-14(17)15(11-7-6-10-13(15)16)12-8-4-3-5-9-12/h3-6,8-10,13,16H,2,7,11H2,1H3. The van der Waals surface area contributed by atoms with Crippen molar-refractivity contribution in [3.05, 3.63) is 48.0 Å². The largest absolute Gasteiger partial charge is 0.465 e. The fourth-order valence-corrected chi connectivity index (χ4v) is 2.50. The molecule has 0 fully saturated rings. The minimum absolute atomic E-state index is 0.323. The Bertz CT molecular complexity index is 438. The molecular weight excluding hydrogens is 228 g/mol. The Balaban J connectivity index is 2.46. The Morgan fingerprint density at radius 2 is 2.17 bits per heavy atom. The summed E-state index contributed by atoms with van der Waals surface area (Å²) in [5.74, 6) is -0.340. The lowest BCUT2D eigenvalue weighted by Gasteiger charge is -2.36. The summed E-state index contributed by atoms with van der Waals surface area (Å²) in [7, 11) is 0. The van der Waals surface area contributed by atoms with Gasteiger partial charge in [0.2, 0.25) is 0 Å². The van der Waals surface area contributed by atoms with Crippen LogP contribution in [0.2, 0.25) is 0 Å². The molecule has 0 saturated heterocycles. The first-order chi connectivity index (χ1) is 8.71. The molecule has 2 atom stereocenters. The Morgan fingerprint density at radius 3 is 2.78 bits per heavy atom. The van der Waals surface area contributed by atoms with Crippen LogP contribution in [-0.4, -0.2) is 23.8 Å². The highest BCUT2D eigenvalue weighted by molar-refractivity contribution is 5.85. The van der Waals surface area contributed by atoms with E-state index in [0.717, 1.165) is 12.0 Å². The van der Waals surface area contributed by atoms with E-state index in [4.69, 9.17) is 4.74 Å². The van der Waals surface area contributed by atoms with Crippen molar-refractivity contribution < 1.29 is 14.6 Å². The molecule has 2 unspecified atom stereocenters. The van der Waals surface area contributed by atoms with E-state index in [9.17, 15) is 9.90 Å². The molecule has 0 aromatic heterocycles. The van der Waals surface area contributed by atoms with Crippen LogP contribution in [0.4, 0.5) is 0 Å². The summed E-state index contributed by atoms with van der Waals surface area (Å²) in [6, 6.07) is 9.40. The molecule has 2 rings (SSSR count). The summed E-state index contributed by atoms with van der Waals surface area (Å²) in [6.07, 6.45) is 4.12. The van der Waals surface area contributed by atoms with Gasteiger partial charge in [0.1, 0.15) is 5.41 Å². The van der Waals surface area contributed by atoms with E-state index in [1.54, 1.807) is 13.0 Å². The molecule has 0 saturated carbocycles. The van der Waals surface area contributed by atoms with Crippen LogP contribution in [0.5, 0.6) is 0 Å². The van der Waals surface area contributed by atoms with Gasteiger partial charge in [0.15, 0.2) is 0 Å². The minimum atomic E-state index is -0.952. The third kappa shape index (κ3) is 2.06. The molecule has 1 N–H and O–H groups in total. The van der Waals surface area contributed by atoms with Crippen LogP contribution in [-0.2, 0) is 14.9 Å². The molecule has 0 amide bonds. The van der Waals surface area contributed by atoms with Gasteiger partial charge in [0.25, 0.3) is 0 Å². The molecule has 3 nitrogen and oxygen atoms in total. The highest BCUT2D eigenvalue weighted by atomic mass is 16.5. The molecule has 18 heavy (non-hydrogen) atoms. The van der Waals surface area contributed by atoms with Gasteiger partial charge in [-0.05, 0) is 25.3 Å². The fraction of sp³-hybridized carbons (Fsp3) is 0.400. The normalized spacial score (nSPS) is 26.9. The first-order valence-electron chi connectivity index (χ1n) is 6.29. The molecule has 3 heteroatoms. The van der Waals surface area contributed by atoms with Crippen LogP contribution < -0.4 is 0 Å². The average Bonchev–Trinajstić information content (AvgIpc) is 2.41. The Labute approximate surface area is 107 Å². The summed E-state index contributed by atoms with van der Waals surface area (Å²) in [5, 5.41) is 10.3. The third-order valence-electron chi connectivity index (χ3n) is 3.46. The van der Waals surface area contributed by atoms with Crippen molar-refractivity contribution >= 4 is 5.97 Å². The zero-order chi connectivity index (χ0) is 13.0. The number of carbonyl (C=O) groups excluding carboxylic acids is 1. The second-order valence-electron chi connectivity index (χ2n) is 4.47.